The second-order valence-corrected chi connectivity index (χ2v) is 9.54. The summed E-state index contributed by atoms with van der Waals surface area (Å²) in [6.45, 7) is 8.33. The molecule has 6 N–H and O–H groups in total. The van der Waals surface area contributed by atoms with Crippen molar-refractivity contribution in [3.8, 4) is 0 Å². The van der Waals surface area contributed by atoms with Crippen molar-refractivity contribution in [3.63, 3.8) is 0 Å². The van der Waals surface area contributed by atoms with Crippen molar-refractivity contribution in [2.45, 2.75) is 47.1 Å². The van der Waals surface area contributed by atoms with E-state index in [1.54, 1.807) is 41.5 Å². The number of alkyl carbamates (subject to hydrolysis) is 4. The first kappa shape index (κ1) is 40.4. The van der Waals surface area contributed by atoms with Gasteiger partial charge in [-0.05, 0) is 41.5 Å². The van der Waals surface area contributed by atoms with Crippen LogP contribution in [0.4, 0.5) is 19.2 Å². The molecule has 258 valence electrons. The van der Waals surface area contributed by atoms with E-state index in [4.69, 9.17) is 39.4 Å². The molecule has 0 rings (SSSR count). The number of nitrogens with zero attached hydrogens (tertiary/aromatic N) is 3. The lowest BCUT2D eigenvalue weighted by atomic mass is 10.0. The maximum atomic E-state index is 12.6. The summed E-state index contributed by atoms with van der Waals surface area (Å²) in [5, 5.41) is 20.9. The van der Waals surface area contributed by atoms with Crippen LogP contribution >= 0.6 is 0 Å². The molecule has 0 unspecified atom stereocenters. The Labute approximate surface area is 261 Å². The van der Waals surface area contributed by atoms with Gasteiger partial charge in [-0.15, -0.1) is 0 Å². The van der Waals surface area contributed by atoms with Gasteiger partial charge in [0, 0.05) is 0 Å². The average molecular weight is 651 g/mol. The van der Waals surface area contributed by atoms with Crippen LogP contribution < -0.4 is 27.2 Å². The lowest BCUT2D eigenvalue weighted by molar-refractivity contribution is 0.00771. The van der Waals surface area contributed by atoms with Crippen LogP contribution in [0.3, 0.4) is 0 Å². The van der Waals surface area contributed by atoms with Crippen LogP contribution in [-0.2, 0) is 38.3 Å². The molecule has 0 saturated heterocycles. The largest absolute Gasteiger partial charge is 0.447 e. The molecule has 0 radical (unpaired) electrons. The van der Waals surface area contributed by atoms with Gasteiger partial charge in [-0.3, -0.25) is 0 Å². The molecule has 0 aliphatic carbocycles. The van der Waals surface area contributed by atoms with Crippen molar-refractivity contribution >= 4 is 41.5 Å². The maximum Gasteiger partial charge on any atom is 0.408 e. The Hall–Kier alpha value is -4.59. The van der Waals surface area contributed by atoms with Gasteiger partial charge in [0.15, 0.2) is 0 Å². The molecule has 0 fully saturated rings. The van der Waals surface area contributed by atoms with Gasteiger partial charge in [0.2, 0.25) is 0 Å². The highest BCUT2D eigenvalue weighted by atomic mass is 16.6. The Balaban J connectivity index is 5.57. The third kappa shape index (κ3) is 24.5. The van der Waals surface area contributed by atoms with E-state index in [1.807, 2.05) is 0 Å². The van der Waals surface area contributed by atoms with Crippen molar-refractivity contribution in [1.29, 1.82) is 0 Å². The number of ether oxygens (including phenoxy) is 4. The standard InChI is InChI=1S/C25H46N8O12/c1-18(2)31-43-10-7-27-21(34)39-15-25(30-24(37)38-13-14-42-26,16-40-22(35)28-8-11-44-32-19(3)4)17-41-23(36)29-9-12-45-33-20(5)6/h7-17,26H2,1-6H3,(H,27,34)(H,28,35)(H,29,36)(H,30,37). The molecule has 0 heterocycles. The summed E-state index contributed by atoms with van der Waals surface area (Å²) in [5.41, 5.74) is 0.217. The number of rotatable bonds is 22. The van der Waals surface area contributed by atoms with Crippen molar-refractivity contribution in [2.75, 3.05) is 72.5 Å². The van der Waals surface area contributed by atoms with Crippen LogP contribution in [0.2, 0.25) is 0 Å². The number of hydrogen-bond donors (Lipinski definition) is 5. The van der Waals surface area contributed by atoms with E-state index in [1.165, 1.54) is 0 Å². The van der Waals surface area contributed by atoms with E-state index < -0.39 is 49.7 Å². The van der Waals surface area contributed by atoms with Gasteiger partial charge < -0.3 is 59.6 Å². The molecule has 0 spiro atoms. The molecule has 0 aromatic carbocycles. The van der Waals surface area contributed by atoms with E-state index in [0.717, 1.165) is 0 Å². The van der Waals surface area contributed by atoms with Crippen molar-refractivity contribution in [1.82, 2.24) is 21.3 Å². The molecule has 0 saturated carbocycles. The summed E-state index contributed by atoms with van der Waals surface area (Å²) in [6.07, 6.45) is -3.82. The van der Waals surface area contributed by atoms with E-state index in [0.29, 0.717) is 17.1 Å². The van der Waals surface area contributed by atoms with E-state index in [9.17, 15) is 19.2 Å². The van der Waals surface area contributed by atoms with Crippen molar-refractivity contribution in [3.05, 3.63) is 0 Å². The summed E-state index contributed by atoms with van der Waals surface area (Å²) < 4.78 is 20.7. The van der Waals surface area contributed by atoms with Crippen molar-refractivity contribution < 1.29 is 57.5 Å². The lowest BCUT2D eigenvalue weighted by Gasteiger charge is -2.32. The van der Waals surface area contributed by atoms with Gasteiger partial charge in [-0.2, -0.15) is 0 Å². The van der Waals surface area contributed by atoms with Gasteiger partial charge in [-0.25, -0.2) is 25.1 Å². The Morgan fingerprint density at radius 3 is 1.20 bits per heavy atom. The summed E-state index contributed by atoms with van der Waals surface area (Å²) in [4.78, 5) is 69.1. The zero-order chi connectivity index (χ0) is 33.9. The fourth-order valence-electron chi connectivity index (χ4n) is 2.55. The van der Waals surface area contributed by atoms with Crippen LogP contribution in [-0.4, -0.2) is 120 Å². The average Bonchev–Trinajstić information content (AvgIpc) is 2.97. The molecule has 0 aliphatic heterocycles. The number of oxime groups is 3. The van der Waals surface area contributed by atoms with Gasteiger partial charge >= 0.3 is 24.4 Å². The fraction of sp³-hybridized carbons (Fsp3) is 0.720. The molecule has 0 aromatic heterocycles. The van der Waals surface area contributed by atoms with Gasteiger partial charge in [0.05, 0.1) is 36.8 Å². The third-order valence-corrected chi connectivity index (χ3v) is 4.37. The summed E-state index contributed by atoms with van der Waals surface area (Å²) in [5.74, 6) is 4.95. The number of hydrogen-bond acceptors (Lipinski definition) is 16. The molecule has 20 heteroatoms. The van der Waals surface area contributed by atoms with E-state index >= 15 is 0 Å². The predicted molar refractivity (Wildman–Crippen MR) is 160 cm³/mol. The lowest BCUT2D eigenvalue weighted by Crippen LogP contribution is -2.60. The predicted octanol–water partition coefficient (Wildman–Crippen LogP) is 0.758. The monoisotopic (exact) mass is 650 g/mol. The highest BCUT2D eigenvalue weighted by Gasteiger charge is 2.38. The SMILES string of the molecule is CC(C)=NOCCNC(=O)OCC(COC(=O)NCCON=C(C)C)(COC(=O)NCCON=C(C)C)NC(=O)OCCON. The summed E-state index contributed by atoms with van der Waals surface area (Å²) in [6, 6.07) is 0. The fourth-order valence-corrected chi connectivity index (χ4v) is 2.55. The summed E-state index contributed by atoms with van der Waals surface area (Å²) >= 11 is 0. The normalized spacial score (nSPS) is 10.2. The molecule has 20 nitrogen and oxygen atoms in total. The highest BCUT2D eigenvalue weighted by Crippen LogP contribution is 2.11. The molecule has 0 aromatic rings. The zero-order valence-corrected chi connectivity index (χ0v) is 26.6. The molecule has 0 atom stereocenters. The second-order valence-electron chi connectivity index (χ2n) is 9.54. The van der Waals surface area contributed by atoms with Crippen LogP contribution in [0, 0.1) is 0 Å². The Kier molecular flexibility index (Phi) is 22.3. The van der Waals surface area contributed by atoms with Crippen LogP contribution in [0.25, 0.3) is 0 Å². The molecular formula is C25H46N8O12. The number of carbonyl (C=O) groups is 4. The van der Waals surface area contributed by atoms with Gasteiger partial charge in [-0.1, -0.05) is 15.5 Å². The van der Waals surface area contributed by atoms with Crippen LogP contribution in [0.1, 0.15) is 41.5 Å². The molecular weight excluding hydrogens is 604 g/mol. The van der Waals surface area contributed by atoms with Crippen LogP contribution in [0.5, 0.6) is 0 Å². The molecule has 0 aliphatic rings. The van der Waals surface area contributed by atoms with E-state index in [-0.39, 0.29) is 52.7 Å². The quantitative estimate of drug-likeness (QED) is 0.0470. The first-order chi connectivity index (χ1) is 21.4. The van der Waals surface area contributed by atoms with Gasteiger partial charge in [0.1, 0.15) is 58.4 Å². The number of amides is 4. The molecule has 4 amide bonds. The minimum absolute atomic E-state index is 0.0301. The minimum atomic E-state index is -1.83. The molecule has 0 bridgehead atoms. The third-order valence-electron chi connectivity index (χ3n) is 4.37. The topological polar surface area (TPSA) is 253 Å². The first-order valence-corrected chi connectivity index (χ1v) is 13.8. The number of nitrogens with one attached hydrogen (secondary N) is 4. The Morgan fingerprint density at radius 2 is 0.889 bits per heavy atom. The maximum absolute atomic E-state index is 12.6. The minimum Gasteiger partial charge on any atom is -0.447 e. The zero-order valence-electron chi connectivity index (χ0n) is 26.6. The first-order valence-electron chi connectivity index (χ1n) is 13.8. The van der Waals surface area contributed by atoms with Crippen LogP contribution in [0.15, 0.2) is 15.5 Å². The summed E-state index contributed by atoms with van der Waals surface area (Å²) in [7, 11) is 0. The Bertz CT molecular complexity index is 878. The second kappa shape index (κ2) is 24.8. The van der Waals surface area contributed by atoms with E-state index in [2.05, 4.69) is 41.6 Å². The van der Waals surface area contributed by atoms with Gasteiger partial charge in [0.25, 0.3) is 0 Å². The highest BCUT2D eigenvalue weighted by molar-refractivity contribution is 5.79. The van der Waals surface area contributed by atoms with Crippen molar-refractivity contribution in [2.24, 2.45) is 21.4 Å². The number of nitrogens with two attached hydrogens (primary N) is 1. The Morgan fingerprint density at radius 1 is 0.533 bits per heavy atom. The molecule has 45 heavy (non-hydrogen) atoms. The smallest absolute Gasteiger partial charge is 0.408 e. The number of carbonyl (C=O) groups excluding carboxylic acids is 4.